The van der Waals surface area contributed by atoms with Crippen molar-refractivity contribution in [1.82, 2.24) is 14.5 Å². The van der Waals surface area contributed by atoms with Gasteiger partial charge in [0.2, 0.25) is 5.95 Å². The highest BCUT2D eigenvalue weighted by molar-refractivity contribution is 5.28. The summed E-state index contributed by atoms with van der Waals surface area (Å²) in [5, 5.41) is 3.39. The Morgan fingerprint density at radius 1 is 1.32 bits per heavy atom. The highest BCUT2D eigenvalue weighted by atomic mass is 16.5. The zero-order chi connectivity index (χ0) is 13.5. The van der Waals surface area contributed by atoms with Crippen LogP contribution < -0.4 is 5.32 Å². The summed E-state index contributed by atoms with van der Waals surface area (Å²) in [5.74, 6) is 1.02. The van der Waals surface area contributed by atoms with Crippen molar-refractivity contribution in [2.75, 3.05) is 44.7 Å². The fourth-order valence-corrected chi connectivity index (χ4v) is 2.38. The third-order valence-electron chi connectivity index (χ3n) is 3.41. The number of hydrogen-bond acceptors (Lipinski definition) is 4. The summed E-state index contributed by atoms with van der Waals surface area (Å²) in [4.78, 5) is 7.01. The zero-order valence-electron chi connectivity index (χ0n) is 12.2. The lowest BCUT2D eigenvalue weighted by molar-refractivity contribution is 0.0369. The Hall–Kier alpha value is -1.07. The molecular weight excluding hydrogens is 240 g/mol. The maximum atomic E-state index is 5.36. The summed E-state index contributed by atoms with van der Waals surface area (Å²) in [6, 6.07) is 0. The number of aromatic nitrogens is 2. The van der Waals surface area contributed by atoms with Crippen molar-refractivity contribution in [2.45, 2.75) is 33.2 Å². The Bertz CT molecular complexity index is 372. The minimum Gasteiger partial charge on any atom is -0.379 e. The second-order valence-electron chi connectivity index (χ2n) is 5.13. The van der Waals surface area contributed by atoms with Gasteiger partial charge in [0.25, 0.3) is 0 Å². The van der Waals surface area contributed by atoms with Gasteiger partial charge in [-0.1, -0.05) is 6.92 Å². The summed E-state index contributed by atoms with van der Waals surface area (Å²) in [5.41, 5.74) is 1.09. The van der Waals surface area contributed by atoms with Crippen LogP contribution in [-0.4, -0.2) is 53.8 Å². The van der Waals surface area contributed by atoms with Gasteiger partial charge >= 0.3 is 0 Å². The molecule has 0 bridgehead atoms. The number of rotatable bonds is 7. The number of anilines is 1. The minimum absolute atomic E-state index is 0.882. The summed E-state index contributed by atoms with van der Waals surface area (Å²) >= 11 is 0. The minimum atomic E-state index is 0.882. The molecule has 0 spiro atoms. The molecule has 1 fully saturated rings. The number of imidazole rings is 1. The van der Waals surface area contributed by atoms with Crippen molar-refractivity contribution >= 4 is 5.95 Å². The normalized spacial score (nSPS) is 16.7. The van der Waals surface area contributed by atoms with Crippen molar-refractivity contribution in [3.05, 3.63) is 11.9 Å². The lowest BCUT2D eigenvalue weighted by Gasteiger charge is -2.26. The summed E-state index contributed by atoms with van der Waals surface area (Å²) in [7, 11) is 0. The van der Waals surface area contributed by atoms with Crippen LogP contribution in [0.3, 0.4) is 0 Å². The molecule has 0 radical (unpaired) electrons. The van der Waals surface area contributed by atoms with Crippen LogP contribution in [0.25, 0.3) is 0 Å². The second kappa shape index (κ2) is 7.50. The highest BCUT2D eigenvalue weighted by Crippen LogP contribution is 2.10. The van der Waals surface area contributed by atoms with E-state index in [-0.39, 0.29) is 0 Å². The molecule has 0 aromatic carbocycles. The lowest BCUT2D eigenvalue weighted by atomic mass is 10.3. The molecule has 1 N–H and O–H groups in total. The van der Waals surface area contributed by atoms with Crippen LogP contribution in [0, 0.1) is 6.92 Å². The molecule has 2 rings (SSSR count). The molecule has 0 unspecified atom stereocenters. The van der Waals surface area contributed by atoms with Crippen LogP contribution in [0.5, 0.6) is 0 Å². The van der Waals surface area contributed by atoms with Gasteiger partial charge in [-0.3, -0.25) is 4.90 Å². The van der Waals surface area contributed by atoms with Crippen LogP contribution in [0.4, 0.5) is 5.95 Å². The predicted molar refractivity (Wildman–Crippen MR) is 77.6 cm³/mol. The Morgan fingerprint density at radius 3 is 2.84 bits per heavy atom. The summed E-state index contributed by atoms with van der Waals surface area (Å²) in [6.45, 7) is 11.3. The van der Waals surface area contributed by atoms with Gasteiger partial charge in [-0.15, -0.1) is 0 Å². The van der Waals surface area contributed by atoms with E-state index in [1.165, 1.54) is 0 Å². The topological polar surface area (TPSA) is 42.3 Å². The first-order chi connectivity index (χ1) is 9.29. The highest BCUT2D eigenvalue weighted by Gasteiger charge is 2.10. The molecule has 1 aromatic heterocycles. The molecule has 0 saturated carbocycles. The summed E-state index contributed by atoms with van der Waals surface area (Å²) < 4.78 is 7.61. The Balaban J connectivity index is 1.77. The van der Waals surface area contributed by atoms with E-state index >= 15 is 0 Å². The molecule has 0 atom stereocenters. The third kappa shape index (κ3) is 4.51. The Morgan fingerprint density at radius 2 is 2.11 bits per heavy atom. The van der Waals surface area contributed by atoms with Crippen LogP contribution in [0.15, 0.2) is 6.20 Å². The molecule has 0 amide bonds. The maximum absolute atomic E-state index is 5.36. The van der Waals surface area contributed by atoms with Crippen LogP contribution in [0.2, 0.25) is 0 Å². The van der Waals surface area contributed by atoms with Crippen molar-refractivity contribution in [3.8, 4) is 0 Å². The van der Waals surface area contributed by atoms with E-state index in [0.717, 1.165) is 70.4 Å². The van der Waals surface area contributed by atoms with Gasteiger partial charge in [0.15, 0.2) is 0 Å². The predicted octanol–water partition coefficient (Wildman–Crippen LogP) is 1.74. The first kappa shape index (κ1) is 14.3. The van der Waals surface area contributed by atoms with Gasteiger partial charge in [-0.2, -0.15) is 0 Å². The van der Waals surface area contributed by atoms with Gasteiger partial charge in [-0.25, -0.2) is 4.98 Å². The van der Waals surface area contributed by atoms with E-state index in [0.29, 0.717) is 0 Å². The van der Waals surface area contributed by atoms with Crippen molar-refractivity contribution in [1.29, 1.82) is 0 Å². The number of ether oxygens (including phenoxy) is 1. The SMILES string of the molecule is CCCNc1nc(C)cn1CCCN1CCOCC1. The first-order valence-corrected chi connectivity index (χ1v) is 7.37. The number of aryl methyl sites for hydroxylation is 2. The van der Waals surface area contributed by atoms with Crippen molar-refractivity contribution in [3.63, 3.8) is 0 Å². The Kier molecular flexibility index (Phi) is 5.66. The van der Waals surface area contributed by atoms with Gasteiger partial charge in [0.05, 0.1) is 18.9 Å². The van der Waals surface area contributed by atoms with E-state index in [1.807, 2.05) is 0 Å². The second-order valence-corrected chi connectivity index (χ2v) is 5.13. The number of nitrogens with one attached hydrogen (secondary N) is 1. The number of morpholine rings is 1. The smallest absolute Gasteiger partial charge is 0.203 e. The van der Waals surface area contributed by atoms with Gasteiger partial charge < -0.3 is 14.6 Å². The van der Waals surface area contributed by atoms with Crippen LogP contribution in [0.1, 0.15) is 25.5 Å². The molecule has 1 aromatic rings. The van der Waals surface area contributed by atoms with Crippen molar-refractivity contribution < 1.29 is 4.74 Å². The maximum Gasteiger partial charge on any atom is 0.203 e. The lowest BCUT2D eigenvalue weighted by Crippen LogP contribution is -2.37. The average Bonchev–Trinajstić information content (AvgIpc) is 2.78. The molecule has 1 saturated heterocycles. The van der Waals surface area contributed by atoms with E-state index in [1.54, 1.807) is 0 Å². The average molecular weight is 266 g/mol. The summed E-state index contributed by atoms with van der Waals surface area (Å²) in [6.07, 6.45) is 4.42. The van der Waals surface area contributed by atoms with E-state index in [9.17, 15) is 0 Å². The quantitative estimate of drug-likeness (QED) is 0.816. The zero-order valence-corrected chi connectivity index (χ0v) is 12.2. The van der Waals surface area contributed by atoms with E-state index in [4.69, 9.17) is 4.74 Å². The molecule has 2 heterocycles. The molecular formula is C14H26N4O. The molecule has 19 heavy (non-hydrogen) atoms. The van der Waals surface area contributed by atoms with E-state index < -0.39 is 0 Å². The fraction of sp³-hybridized carbons (Fsp3) is 0.786. The van der Waals surface area contributed by atoms with Crippen LogP contribution >= 0.6 is 0 Å². The monoisotopic (exact) mass is 266 g/mol. The largest absolute Gasteiger partial charge is 0.379 e. The molecule has 1 aliphatic heterocycles. The molecule has 0 aliphatic carbocycles. The standard InChI is InChI=1S/C14H26N4O/c1-3-5-15-14-16-13(2)12-18(14)7-4-6-17-8-10-19-11-9-17/h12H,3-11H2,1-2H3,(H,15,16). The molecule has 1 aliphatic rings. The fourth-order valence-electron chi connectivity index (χ4n) is 2.38. The van der Waals surface area contributed by atoms with E-state index in [2.05, 4.69) is 39.8 Å². The van der Waals surface area contributed by atoms with Gasteiger partial charge in [-0.05, 0) is 19.8 Å². The molecule has 5 nitrogen and oxygen atoms in total. The molecule has 5 heteroatoms. The van der Waals surface area contributed by atoms with Crippen LogP contribution in [-0.2, 0) is 11.3 Å². The number of hydrogen-bond donors (Lipinski definition) is 1. The Labute approximate surface area is 116 Å². The third-order valence-corrected chi connectivity index (χ3v) is 3.41. The van der Waals surface area contributed by atoms with Crippen molar-refractivity contribution in [2.24, 2.45) is 0 Å². The van der Waals surface area contributed by atoms with Gasteiger partial charge in [0, 0.05) is 38.9 Å². The first-order valence-electron chi connectivity index (χ1n) is 7.37. The van der Waals surface area contributed by atoms with Gasteiger partial charge in [0.1, 0.15) is 0 Å². The number of nitrogens with zero attached hydrogens (tertiary/aromatic N) is 3. The molecule has 108 valence electrons.